The Hall–Kier alpha value is -1.27. The Morgan fingerprint density at radius 3 is 2.64 bits per heavy atom. The van der Waals surface area contributed by atoms with Gasteiger partial charge in [0.1, 0.15) is 11.9 Å². The third-order valence-electron chi connectivity index (χ3n) is 4.01. The molecule has 0 aliphatic carbocycles. The second kappa shape index (κ2) is 7.96. The predicted molar refractivity (Wildman–Crippen MR) is 102 cm³/mol. The van der Waals surface area contributed by atoms with Crippen molar-refractivity contribution < 1.29 is 14.3 Å². The van der Waals surface area contributed by atoms with Crippen LogP contribution in [0.3, 0.4) is 0 Å². The van der Waals surface area contributed by atoms with Gasteiger partial charge in [0.2, 0.25) is 0 Å². The number of carbonyl (C=O) groups is 1. The maximum atomic E-state index is 12.9. The van der Waals surface area contributed by atoms with Gasteiger partial charge in [0.05, 0.1) is 25.8 Å². The van der Waals surface area contributed by atoms with Crippen LogP contribution in [0, 0.1) is 0 Å². The highest BCUT2D eigenvalue weighted by Gasteiger charge is 2.27. The first-order chi connectivity index (χ1) is 12.0. The summed E-state index contributed by atoms with van der Waals surface area (Å²) in [5.41, 5.74) is 1.42. The Bertz CT molecular complexity index is 780. The average molecular weight is 445 g/mol. The summed E-state index contributed by atoms with van der Waals surface area (Å²) in [5, 5.41) is 1.09. The van der Waals surface area contributed by atoms with Crippen LogP contribution in [0.15, 0.2) is 40.9 Å². The summed E-state index contributed by atoms with van der Waals surface area (Å²) in [6.07, 6.45) is -0.265. The molecule has 0 radical (unpaired) electrons. The molecule has 25 heavy (non-hydrogen) atoms. The van der Waals surface area contributed by atoms with Crippen molar-refractivity contribution in [2.24, 2.45) is 0 Å². The lowest BCUT2D eigenvalue weighted by atomic mass is 10.1. The summed E-state index contributed by atoms with van der Waals surface area (Å²) in [5.74, 6) is 0.560. The van der Waals surface area contributed by atoms with E-state index < -0.39 is 0 Å². The van der Waals surface area contributed by atoms with Crippen LogP contribution in [-0.2, 0) is 4.74 Å². The summed E-state index contributed by atoms with van der Waals surface area (Å²) in [7, 11) is 1.57. The number of hydrogen-bond acceptors (Lipinski definition) is 3. The Morgan fingerprint density at radius 1 is 1.24 bits per heavy atom. The molecule has 1 aliphatic rings. The van der Waals surface area contributed by atoms with Gasteiger partial charge in [-0.25, -0.2) is 0 Å². The molecule has 0 spiro atoms. The Kier molecular flexibility index (Phi) is 5.89. The minimum Gasteiger partial charge on any atom is -0.497 e. The zero-order valence-corrected chi connectivity index (χ0v) is 16.6. The second-order valence-corrected chi connectivity index (χ2v) is 7.39. The fraction of sp³-hybridized carbons (Fsp3) is 0.278. The molecule has 1 unspecified atom stereocenters. The predicted octanol–water partition coefficient (Wildman–Crippen LogP) is 4.98. The third kappa shape index (κ3) is 4.29. The van der Waals surface area contributed by atoms with E-state index in [1.165, 1.54) is 0 Å². The molecule has 132 valence electrons. The van der Waals surface area contributed by atoms with E-state index in [0.717, 1.165) is 10.0 Å². The number of benzene rings is 2. The number of methoxy groups -OCH3 is 1. The summed E-state index contributed by atoms with van der Waals surface area (Å²) >= 11 is 15.6. The van der Waals surface area contributed by atoms with E-state index in [1.54, 1.807) is 36.3 Å². The zero-order valence-electron chi connectivity index (χ0n) is 13.5. The lowest BCUT2D eigenvalue weighted by Crippen LogP contribution is -2.42. The Labute approximate surface area is 164 Å². The Morgan fingerprint density at radius 2 is 1.96 bits per heavy atom. The average Bonchev–Trinajstić information content (AvgIpc) is 2.61. The maximum Gasteiger partial charge on any atom is 0.255 e. The van der Waals surface area contributed by atoms with Crippen molar-refractivity contribution in [3.63, 3.8) is 0 Å². The largest absolute Gasteiger partial charge is 0.497 e. The topological polar surface area (TPSA) is 38.8 Å². The molecular formula is C18H16BrCl2NO3. The van der Waals surface area contributed by atoms with Gasteiger partial charge in [-0.05, 0) is 57.9 Å². The maximum absolute atomic E-state index is 12.9. The van der Waals surface area contributed by atoms with Crippen molar-refractivity contribution in [1.29, 1.82) is 0 Å². The molecule has 4 nitrogen and oxygen atoms in total. The molecule has 1 atom stereocenters. The van der Waals surface area contributed by atoms with Crippen molar-refractivity contribution in [2.75, 3.05) is 26.8 Å². The molecule has 1 saturated heterocycles. The molecule has 1 fully saturated rings. The van der Waals surface area contributed by atoms with E-state index in [9.17, 15) is 4.79 Å². The lowest BCUT2D eigenvalue weighted by Gasteiger charge is -2.33. The van der Waals surface area contributed by atoms with Crippen molar-refractivity contribution >= 4 is 45.0 Å². The molecule has 7 heteroatoms. The van der Waals surface area contributed by atoms with Crippen molar-refractivity contribution in [3.8, 4) is 5.75 Å². The van der Waals surface area contributed by atoms with Crippen LogP contribution in [0.1, 0.15) is 22.0 Å². The Balaban J connectivity index is 1.82. The standard InChI is InChI=1S/C18H16BrCl2NO3/c1-24-14-2-3-16(19)15(9-14)18(23)22-4-5-25-17(10-22)11-6-12(20)8-13(21)7-11/h2-3,6-9,17H,4-5,10H2,1H3. The first-order valence-electron chi connectivity index (χ1n) is 7.68. The minimum atomic E-state index is -0.265. The van der Waals surface area contributed by atoms with Crippen molar-refractivity contribution in [3.05, 3.63) is 62.0 Å². The van der Waals surface area contributed by atoms with Crippen LogP contribution in [0.5, 0.6) is 5.75 Å². The monoisotopic (exact) mass is 443 g/mol. The lowest BCUT2D eigenvalue weighted by molar-refractivity contribution is -0.0228. The van der Waals surface area contributed by atoms with Crippen LogP contribution >= 0.6 is 39.1 Å². The summed E-state index contributed by atoms with van der Waals surface area (Å²) in [6, 6.07) is 10.6. The highest BCUT2D eigenvalue weighted by Crippen LogP contribution is 2.30. The molecular weight excluding hydrogens is 429 g/mol. The molecule has 0 bridgehead atoms. The van der Waals surface area contributed by atoms with Crippen LogP contribution < -0.4 is 4.74 Å². The van der Waals surface area contributed by atoms with Crippen molar-refractivity contribution in [2.45, 2.75) is 6.10 Å². The van der Waals surface area contributed by atoms with Gasteiger partial charge in [-0.1, -0.05) is 23.2 Å². The van der Waals surface area contributed by atoms with E-state index in [4.69, 9.17) is 32.7 Å². The number of morpholine rings is 1. The van der Waals surface area contributed by atoms with Crippen LogP contribution in [0.2, 0.25) is 10.0 Å². The quantitative estimate of drug-likeness (QED) is 0.670. The molecule has 3 rings (SSSR count). The van der Waals surface area contributed by atoms with Gasteiger partial charge in [0, 0.05) is 21.1 Å². The molecule has 0 N–H and O–H groups in total. The van der Waals surface area contributed by atoms with E-state index in [-0.39, 0.29) is 12.0 Å². The first kappa shape index (κ1) is 18.5. The smallest absolute Gasteiger partial charge is 0.255 e. The van der Waals surface area contributed by atoms with Gasteiger partial charge in [-0.2, -0.15) is 0 Å². The molecule has 0 saturated carbocycles. The number of hydrogen-bond donors (Lipinski definition) is 0. The SMILES string of the molecule is COc1ccc(Br)c(C(=O)N2CCOC(c3cc(Cl)cc(Cl)c3)C2)c1. The summed E-state index contributed by atoms with van der Waals surface area (Å²) in [6.45, 7) is 1.40. The van der Waals surface area contributed by atoms with Crippen molar-refractivity contribution in [1.82, 2.24) is 4.90 Å². The van der Waals surface area contributed by atoms with Gasteiger partial charge >= 0.3 is 0 Å². The molecule has 2 aromatic carbocycles. The highest BCUT2D eigenvalue weighted by molar-refractivity contribution is 9.10. The van der Waals surface area contributed by atoms with Gasteiger partial charge in [0.25, 0.3) is 5.91 Å². The number of rotatable bonds is 3. The fourth-order valence-electron chi connectivity index (χ4n) is 2.76. The summed E-state index contributed by atoms with van der Waals surface area (Å²) < 4.78 is 11.8. The second-order valence-electron chi connectivity index (χ2n) is 5.66. The third-order valence-corrected chi connectivity index (χ3v) is 5.14. The van der Waals surface area contributed by atoms with Gasteiger partial charge in [0.15, 0.2) is 0 Å². The first-order valence-corrected chi connectivity index (χ1v) is 9.23. The van der Waals surface area contributed by atoms with E-state index in [2.05, 4.69) is 15.9 Å². The molecule has 1 aliphatic heterocycles. The number of ether oxygens (including phenoxy) is 2. The number of halogens is 3. The number of amides is 1. The molecule has 1 heterocycles. The fourth-order valence-corrected chi connectivity index (χ4v) is 3.72. The number of nitrogens with zero attached hydrogens (tertiary/aromatic N) is 1. The van der Waals surface area contributed by atoms with E-state index in [1.807, 2.05) is 12.1 Å². The van der Waals surface area contributed by atoms with E-state index in [0.29, 0.717) is 41.1 Å². The van der Waals surface area contributed by atoms with Gasteiger partial charge in [-0.3, -0.25) is 4.79 Å². The minimum absolute atomic E-state index is 0.0767. The molecule has 0 aromatic heterocycles. The molecule has 1 amide bonds. The molecule has 2 aromatic rings. The normalized spacial score (nSPS) is 17.4. The highest BCUT2D eigenvalue weighted by atomic mass is 79.9. The zero-order chi connectivity index (χ0) is 18.0. The van der Waals surface area contributed by atoms with Crippen LogP contribution in [0.4, 0.5) is 0 Å². The van der Waals surface area contributed by atoms with E-state index >= 15 is 0 Å². The van der Waals surface area contributed by atoms with Crippen LogP contribution in [0.25, 0.3) is 0 Å². The van der Waals surface area contributed by atoms with Crippen LogP contribution in [-0.4, -0.2) is 37.6 Å². The van der Waals surface area contributed by atoms with Gasteiger partial charge < -0.3 is 14.4 Å². The van der Waals surface area contributed by atoms with Gasteiger partial charge in [-0.15, -0.1) is 0 Å². The summed E-state index contributed by atoms with van der Waals surface area (Å²) in [4.78, 5) is 14.7. The number of carbonyl (C=O) groups excluding carboxylic acids is 1.